The molecule has 1 heterocycles. The molecule has 3 heteroatoms. The highest BCUT2D eigenvalue weighted by molar-refractivity contribution is 5.44. The lowest BCUT2D eigenvalue weighted by Crippen LogP contribution is -1.92. The smallest absolute Gasteiger partial charge is 0.160 e. The molecule has 12 heavy (non-hydrogen) atoms. The molecule has 1 unspecified atom stereocenters. The summed E-state index contributed by atoms with van der Waals surface area (Å²) in [6, 6.07) is 4.97. The molecular formula is C9H10O3. The highest BCUT2D eigenvalue weighted by Gasteiger charge is 2.24. The van der Waals surface area contributed by atoms with Crippen molar-refractivity contribution in [2.75, 3.05) is 6.61 Å². The number of phenolic OH excluding ortho intramolecular Hbond substituents is 2. The van der Waals surface area contributed by atoms with Gasteiger partial charge in [0.25, 0.3) is 0 Å². The Hall–Kier alpha value is -1.22. The first-order chi connectivity index (χ1) is 5.77. The van der Waals surface area contributed by atoms with Crippen molar-refractivity contribution < 1.29 is 14.9 Å². The van der Waals surface area contributed by atoms with Gasteiger partial charge in [-0.25, -0.2) is 0 Å². The molecule has 1 saturated heterocycles. The van der Waals surface area contributed by atoms with Crippen LogP contribution in [-0.4, -0.2) is 22.9 Å². The molecule has 0 spiro atoms. The van der Waals surface area contributed by atoms with Crippen molar-refractivity contribution in [3.63, 3.8) is 0 Å². The first-order valence-electron chi connectivity index (χ1n) is 3.89. The second-order valence-corrected chi connectivity index (χ2v) is 2.94. The predicted octanol–water partition coefficient (Wildman–Crippen LogP) is 1.04. The number of rotatable bonds is 2. The summed E-state index contributed by atoms with van der Waals surface area (Å²) < 4.78 is 5.01. The van der Waals surface area contributed by atoms with Crippen LogP contribution in [0.5, 0.6) is 11.5 Å². The van der Waals surface area contributed by atoms with Gasteiger partial charge in [-0.05, 0) is 6.07 Å². The van der Waals surface area contributed by atoms with E-state index in [1.165, 1.54) is 6.07 Å². The second-order valence-electron chi connectivity index (χ2n) is 2.94. The summed E-state index contributed by atoms with van der Waals surface area (Å²) in [7, 11) is 0. The summed E-state index contributed by atoms with van der Waals surface area (Å²) >= 11 is 0. The quantitative estimate of drug-likeness (QED) is 0.509. The van der Waals surface area contributed by atoms with Crippen molar-refractivity contribution in [3.8, 4) is 11.5 Å². The molecule has 0 bridgehead atoms. The van der Waals surface area contributed by atoms with Crippen molar-refractivity contribution in [2.45, 2.75) is 12.5 Å². The van der Waals surface area contributed by atoms with Crippen LogP contribution in [0.4, 0.5) is 0 Å². The summed E-state index contributed by atoms with van der Waals surface area (Å²) in [5.41, 5.74) is 0.748. The van der Waals surface area contributed by atoms with Crippen molar-refractivity contribution in [1.29, 1.82) is 0 Å². The summed E-state index contributed by atoms with van der Waals surface area (Å²) in [4.78, 5) is 0. The third kappa shape index (κ3) is 1.36. The third-order valence-corrected chi connectivity index (χ3v) is 1.95. The van der Waals surface area contributed by atoms with Crippen molar-refractivity contribution in [3.05, 3.63) is 23.8 Å². The van der Waals surface area contributed by atoms with Crippen LogP contribution in [0.25, 0.3) is 0 Å². The number of aromatic hydroxyl groups is 2. The van der Waals surface area contributed by atoms with E-state index < -0.39 is 0 Å². The van der Waals surface area contributed by atoms with Crippen LogP contribution in [0.15, 0.2) is 18.2 Å². The summed E-state index contributed by atoms with van der Waals surface area (Å²) in [5.74, 6) is -0.0823. The van der Waals surface area contributed by atoms with Crippen LogP contribution >= 0.6 is 0 Å². The van der Waals surface area contributed by atoms with Gasteiger partial charge in [0.15, 0.2) is 11.5 Å². The van der Waals surface area contributed by atoms with Crippen LogP contribution in [0.3, 0.4) is 0 Å². The fraction of sp³-hybridized carbons (Fsp3) is 0.333. The van der Waals surface area contributed by atoms with E-state index in [2.05, 4.69) is 0 Å². The Morgan fingerprint density at radius 3 is 2.83 bits per heavy atom. The minimum Gasteiger partial charge on any atom is -0.504 e. The maximum absolute atomic E-state index is 9.37. The number of ether oxygens (including phenoxy) is 1. The van der Waals surface area contributed by atoms with Gasteiger partial charge in [-0.1, -0.05) is 12.1 Å². The monoisotopic (exact) mass is 166 g/mol. The highest BCUT2D eigenvalue weighted by Crippen LogP contribution is 2.30. The van der Waals surface area contributed by atoms with E-state index in [9.17, 15) is 5.11 Å². The summed E-state index contributed by atoms with van der Waals surface area (Å²) in [6.07, 6.45) is 0.915. The fourth-order valence-corrected chi connectivity index (χ4v) is 1.17. The van der Waals surface area contributed by atoms with E-state index in [4.69, 9.17) is 9.84 Å². The molecule has 2 N–H and O–H groups in total. The Bertz CT molecular complexity index is 292. The zero-order chi connectivity index (χ0) is 8.55. The molecule has 1 aromatic rings. The Morgan fingerprint density at radius 1 is 1.42 bits per heavy atom. The molecule has 0 amide bonds. The van der Waals surface area contributed by atoms with Gasteiger partial charge in [-0.2, -0.15) is 0 Å². The number of epoxide rings is 1. The van der Waals surface area contributed by atoms with Crippen LogP contribution in [-0.2, 0) is 11.2 Å². The van der Waals surface area contributed by atoms with Gasteiger partial charge >= 0.3 is 0 Å². The van der Waals surface area contributed by atoms with E-state index in [1.807, 2.05) is 0 Å². The first-order valence-corrected chi connectivity index (χ1v) is 3.89. The van der Waals surface area contributed by atoms with E-state index in [0.29, 0.717) is 6.42 Å². The van der Waals surface area contributed by atoms with Gasteiger partial charge in [-0.3, -0.25) is 0 Å². The Balaban J connectivity index is 2.23. The fourth-order valence-electron chi connectivity index (χ4n) is 1.17. The van der Waals surface area contributed by atoms with Gasteiger partial charge in [0.1, 0.15) is 0 Å². The molecule has 1 aliphatic rings. The Morgan fingerprint density at radius 2 is 2.17 bits per heavy atom. The Labute approximate surface area is 70.2 Å². The standard InChI is InChI=1S/C9H10O3/c10-8-3-1-2-6(9(8)11)4-7-5-12-7/h1-3,7,10-11H,4-5H2. The predicted molar refractivity (Wildman–Crippen MR) is 43.2 cm³/mol. The van der Waals surface area contributed by atoms with Gasteiger partial charge < -0.3 is 14.9 Å². The molecular weight excluding hydrogens is 156 g/mol. The lowest BCUT2D eigenvalue weighted by atomic mass is 10.1. The van der Waals surface area contributed by atoms with Gasteiger partial charge in [0.05, 0.1) is 12.7 Å². The average molecular weight is 166 g/mol. The number of hydrogen-bond acceptors (Lipinski definition) is 3. The van der Waals surface area contributed by atoms with E-state index in [-0.39, 0.29) is 17.6 Å². The highest BCUT2D eigenvalue weighted by atomic mass is 16.6. The third-order valence-electron chi connectivity index (χ3n) is 1.95. The second kappa shape index (κ2) is 2.68. The topological polar surface area (TPSA) is 53.0 Å². The molecule has 0 radical (unpaired) electrons. The molecule has 64 valence electrons. The Kier molecular flexibility index (Phi) is 1.66. The molecule has 0 aliphatic carbocycles. The van der Waals surface area contributed by atoms with Crippen LogP contribution in [0.1, 0.15) is 5.56 Å². The van der Waals surface area contributed by atoms with E-state index in [0.717, 1.165) is 12.2 Å². The first kappa shape index (κ1) is 7.43. The minimum absolute atomic E-state index is 0.0204. The number of benzene rings is 1. The van der Waals surface area contributed by atoms with Gasteiger partial charge in [0.2, 0.25) is 0 Å². The summed E-state index contributed by atoms with van der Waals surface area (Å²) in [5, 5.41) is 18.5. The van der Waals surface area contributed by atoms with Crippen LogP contribution in [0, 0.1) is 0 Å². The normalized spacial score (nSPS) is 20.8. The lowest BCUT2D eigenvalue weighted by Gasteiger charge is -2.02. The molecule has 2 rings (SSSR count). The van der Waals surface area contributed by atoms with Gasteiger partial charge in [-0.15, -0.1) is 0 Å². The molecule has 0 aromatic heterocycles. The lowest BCUT2D eigenvalue weighted by molar-refractivity contribution is 0.386. The zero-order valence-corrected chi connectivity index (χ0v) is 6.53. The van der Waals surface area contributed by atoms with Crippen molar-refractivity contribution in [1.82, 2.24) is 0 Å². The molecule has 1 atom stereocenters. The zero-order valence-electron chi connectivity index (χ0n) is 6.53. The van der Waals surface area contributed by atoms with Crippen LogP contribution < -0.4 is 0 Å². The van der Waals surface area contributed by atoms with Crippen molar-refractivity contribution >= 4 is 0 Å². The van der Waals surface area contributed by atoms with E-state index in [1.54, 1.807) is 12.1 Å². The maximum atomic E-state index is 9.37. The maximum Gasteiger partial charge on any atom is 0.160 e. The SMILES string of the molecule is Oc1cccc(CC2CO2)c1O. The molecule has 1 fully saturated rings. The van der Waals surface area contributed by atoms with Crippen molar-refractivity contribution in [2.24, 2.45) is 0 Å². The number of phenols is 2. The minimum atomic E-state index is -0.0619. The average Bonchev–Trinajstić information content (AvgIpc) is 2.83. The van der Waals surface area contributed by atoms with Gasteiger partial charge in [0, 0.05) is 12.0 Å². The molecule has 3 nitrogen and oxygen atoms in total. The molecule has 1 aromatic carbocycles. The molecule has 1 aliphatic heterocycles. The number of hydrogen-bond donors (Lipinski definition) is 2. The van der Waals surface area contributed by atoms with Crippen LogP contribution in [0.2, 0.25) is 0 Å². The molecule has 0 saturated carbocycles. The number of para-hydroxylation sites is 1. The largest absolute Gasteiger partial charge is 0.504 e. The van der Waals surface area contributed by atoms with E-state index >= 15 is 0 Å². The summed E-state index contributed by atoms with van der Waals surface area (Å²) in [6.45, 7) is 0.759.